The molecule has 0 aromatic carbocycles. The minimum atomic E-state index is -0.752. The lowest BCUT2D eigenvalue weighted by Crippen LogP contribution is -2.26. The second kappa shape index (κ2) is 11.6. The Kier molecular flexibility index (Phi) is 10.2. The van der Waals surface area contributed by atoms with Crippen LogP contribution in [-0.4, -0.2) is 56.9 Å². The number of carbonyl (C=O) groups is 1. The molecular weight excluding hydrogens is 312 g/mol. The zero-order chi connectivity index (χ0) is 17.9. The maximum absolute atomic E-state index is 10.4. The van der Waals surface area contributed by atoms with E-state index in [0.717, 1.165) is 25.7 Å². The van der Waals surface area contributed by atoms with Crippen molar-refractivity contribution in [2.24, 2.45) is 0 Å². The minimum absolute atomic E-state index is 0.220. The highest BCUT2D eigenvalue weighted by Gasteiger charge is 2.36. The fraction of sp³-hybridized carbons (Fsp3) is 0.833. The average Bonchev–Trinajstić information content (AvgIpc) is 2.92. The third-order valence-electron chi connectivity index (χ3n) is 4.45. The molecule has 1 fully saturated rings. The molecule has 5 atom stereocenters. The Hall–Kier alpha value is -0.950. The monoisotopic (exact) mass is 344 g/mol. The molecular formula is C18H32O6. The normalized spacial score (nSPS) is 26.8. The molecule has 0 bridgehead atoms. The molecule has 0 spiro atoms. The Morgan fingerprint density at radius 2 is 1.88 bits per heavy atom. The number of hydrogen-bond donors (Lipinski definition) is 4. The number of carboxylic acids is 1. The maximum atomic E-state index is 10.4. The summed E-state index contributed by atoms with van der Waals surface area (Å²) in [6.45, 7) is 1.87. The topological polar surface area (TPSA) is 107 Å². The van der Waals surface area contributed by atoms with Crippen LogP contribution in [0.2, 0.25) is 0 Å². The molecule has 24 heavy (non-hydrogen) atoms. The van der Waals surface area contributed by atoms with Gasteiger partial charge in [0, 0.05) is 12.8 Å². The second-order valence-corrected chi connectivity index (χ2v) is 6.57. The summed E-state index contributed by atoms with van der Waals surface area (Å²) in [6, 6.07) is 0. The van der Waals surface area contributed by atoms with E-state index in [1.54, 1.807) is 12.2 Å². The van der Waals surface area contributed by atoms with Crippen LogP contribution in [0.15, 0.2) is 12.2 Å². The van der Waals surface area contributed by atoms with Crippen LogP contribution in [0.3, 0.4) is 0 Å². The van der Waals surface area contributed by atoms with E-state index >= 15 is 0 Å². The van der Waals surface area contributed by atoms with Crippen LogP contribution < -0.4 is 0 Å². The van der Waals surface area contributed by atoms with Gasteiger partial charge in [-0.15, -0.1) is 0 Å². The first kappa shape index (κ1) is 21.1. The quantitative estimate of drug-likeness (QED) is 0.319. The maximum Gasteiger partial charge on any atom is 0.303 e. The SMILES string of the molecule is CC[C@H](O)/C=C/[C@@H]1O[C@H]([C@@H](O)CCCCCCCC(=O)O)C[C@H]1O. The summed E-state index contributed by atoms with van der Waals surface area (Å²) in [5, 5.41) is 38.2. The summed E-state index contributed by atoms with van der Waals surface area (Å²) in [4.78, 5) is 10.4. The van der Waals surface area contributed by atoms with E-state index in [1.807, 2.05) is 6.92 Å². The molecule has 4 N–H and O–H groups in total. The van der Waals surface area contributed by atoms with Crippen molar-refractivity contribution in [2.45, 2.75) is 95.2 Å². The van der Waals surface area contributed by atoms with Crippen molar-refractivity contribution in [2.75, 3.05) is 0 Å². The molecule has 0 aromatic heterocycles. The van der Waals surface area contributed by atoms with E-state index in [2.05, 4.69) is 0 Å². The van der Waals surface area contributed by atoms with Crippen LogP contribution in [0.25, 0.3) is 0 Å². The first-order chi connectivity index (χ1) is 11.4. The van der Waals surface area contributed by atoms with Crippen molar-refractivity contribution in [3.05, 3.63) is 12.2 Å². The largest absolute Gasteiger partial charge is 0.481 e. The number of carboxylic acid groups (broad SMARTS) is 1. The Labute approximate surface area is 144 Å². The van der Waals surface area contributed by atoms with Crippen LogP contribution in [0.5, 0.6) is 0 Å². The van der Waals surface area contributed by atoms with E-state index in [0.29, 0.717) is 25.7 Å². The van der Waals surface area contributed by atoms with Gasteiger partial charge in [0.05, 0.1) is 24.4 Å². The van der Waals surface area contributed by atoms with Crippen LogP contribution in [0.4, 0.5) is 0 Å². The van der Waals surface area contributed by atoms with Gasteiger partial charge < -0.3 is 25.2 Å². The van der Waals surface area contributed by atoms with Gasteiger partial charge in [0.2, 0.25) is 0 Å². The third kappa shape index (κ3) is 8.24. The Balaban J connectivity index is 2.18. The molecule has 0 amide bonds. The summed E-state index contributed by atoms with van der Waals surface area (Å²) in [6.07, 6.45) is 6.89. The molecule has 0 unspecified atom stereocenters. The van der Waals surface area contributed by atoms with E-state index in [-0.39, 0.29) is 12.5 Å². The molecule has 140 valence electrons. The van der Waals surface area contributed by atoms with Crippen molar-refractivity contribution in [1.29, 1.82) is 0 Å². The van der Waals surface area contributed by atoms with E-state index in [4.69, 9.17) is 9.84 Å². The van der Waals surface area contributed by atoms with Gasteiger partial charge in [0.15, 0.2) is 0 Å². The van der Waals surface area contributed by atoms with Gasteiger partial charge in [-0.2, -0.15) is 0 Å². The van der Waals surface area contributed by atoms with Gasteiger partial charge in [-0.1, -0.05) is 44.8 Å². The Morgan fingerprint density at radius 1 is 1.21 bits per heavy atom. The molecule has 0 radical (unpaired) electrons. The lowest BCUT2D eigenvalue weighted by Gasteiger charge is -2.18. The number of aliphatic hydroxyl groups excluding tert-OH is 3. The molecule has 1 aliphatic heterocycles. The standard InChI is InChI=1S/C18H32O6/c1-2-13(19)10-11-16-15(21)12-17(24-16)14(20)8-6-4-3-5-7-9-18(22)23/h10-11,13-17,19-21H,2-9,12H2,1H3,(H,22,23)/b11-10+/t13-,14-,15+,16-,17-/m0/s1. The number of aliphatic hydroxyl groups is 3. The van der Waals surface area contributed by atoms with Gasteiger partial charge in [-0.05, 0) is 19.3 Å². The zero-order valence-electron chi connectivity index (χ0n) is 14.5. The van der Waals surface area contributed by atoms with E-state index < -0.39 is 30.4 Å². The van der Waals surface area contributed by atoms with Crippen molar-refractivity contribution in [3.8, 4) is 0 Å². The van der Waals surface area contributed by atoms with Crippen molar-refractivity contribution in [3.63, 3.8) is 0 Å². The van der Waals surface area contributed by atoms with Gasteiger partial charge in [0.25, 0.3) is 0 Å². The minimum Gasteiger partial charge on any atom is -0.481 e. The molecule has 0 aromatic rings. The summed E-state index contributed by atoms with van der Waals surface area (Å²) in [7, 11) is 0. The first-order valence-electron chi connectivity index (χ1n) is 9.03. The molecule has 6 heteroatoms. The van der Waals surface area contributed by atoms with Crippen molar-refractivity contribution in [1.82, 2.24) is 0 Å². The van der Waals surface area contributed by atoms with Crippen molar-refractivity contribution < 1.29 is 30.0 Å². The molecule has 1 rings (SSSR count). The lowest BCUT2D eigenvalue weighted by molar-refractivity contribution is -0.137. The molecule has 0 aliphatic carbocycles. The summed E-state index contributed by atoms with van der Waals surface area (Å²) < 4.78 is 5.69. The van der Waals surface area contributed by atoms with E-state index in [1.165, 1.54) is 0 Å². The van der Waals surface area contributed by atoms with Crippen molar-refractivity contribution >= 4 is 5.97 Å². The zero-order valence-corrected chi connectivity index (χ0v) is 14.5. The molecule has 1 aliphatic rings. The lowest BCUT2D eigenvalue weighted by atomic mass is 10.0. The average molecular weight is 344 g/mol. The summed E-state index contributed by atoms with van der Waals surface area (Å²) >= 11 is 0. The summed E-state index contributed by atoms with van der Waals surface area (Å²) in [5.41, 5.74) is 0. The Morgan fingerprint density at radius 3 is 2.54 bits per heavy atom. The highest BCUT2D eigenvalue weighted by atomic mass is 16.5. The number of hydrogen-bond acceptors (Lipinski definition) is 5. The number of aliphatic carboxylic acids is 1. The summed E-state index contributed by atoms with van der Waals surface area (Å²) in [5.74, 6) is -0.752. The highest BCUT2D eigenvalue weighted by Crippen LogP contribution is 2.26. The second-order valence-electron chi connectivity index (χ2n) is 6.57. The van der Waals surface area contributed by atoms with Crippen LogP contribution in [0.1, 0.15) is 64.7 Å². The van der Waals surface area contributed by atoms with E-state index in [9.17, 15) is 20.1 Å². The van der Waals surface area contributed by atoms with Crippen LogP contribution >= 0.6 is 0 Å². The molecule has 1 saturated heterocycles. The predicted molar refractivity (Wildman–Crippen MR) is 90.7 cm³/mol. The number of rotatable bonds is 12. The Bertz CT molecular complexity index is 384. The van der Waals surface area contributed by atoms with Gasteiger partial charge in [-0.3, -0.25) is 4.79 Å². The van der Waals surface area contributed by atoms with Gasteiger partial charge >= 0.3 is 5.97 Å². The van der Waals surface area contributed by atoms with Crippen LogP contribution in [0, 0.1) is 0 Å². The first-order valence-corrected chi connectivity index (χ1v) is 9.03. The molecule has 6 nitrogen and oxygen atoms in total. The van der Waals surface area contributed by atoms with Gasteiger partial charge in [-0.25, -0.2) is 0 Å². The third-order valence-corrected chi connectivity index (χ3v) is 4.45. The predicted octanol–water partition coefficient (Wildman–Crippen LogP) is 2.01. The number of ether oxygens (including phenoxy) is 1. The fourth-order valence-corrected chi connectivity index (χ4v) is 2.86. The van der Waals surface area contributed by atoms with Gasteiger partial charge in [0.1, 0.15) is 6.10 Å². The van der Waals surface area contributed by atoms with Crippen LogP contribution in [-0.2, 0) is 9.53 Å². The fourth-order valence-electron chi connectivity index (χ4n) is 2.86. The molecule has 0 saturated carbocycles. The molecule has 1 heterocycles. The number of unbranched alkanes of at least 4 members (excludes halogenated alkanes) is 4. The highest BCUT2D eigenvalue weighted by molar-refractivity contribution is 5.66. The smallest absolute Gasteiger partial charge is 0.303 e.